The number of aromatic nitrogens is 4. The smallest absolute Gasteiger partial charge is 0.256 e. The molecule has 9 heteroatoms. The number of amides is 1. The Balaban J connectivity index is 1.64. The second kappa shape index (κ2) is 6.77. The summed E-state index contributed by atoms with van der Waals surface area (Å²) < 4.78 is 21.2. The minimum absolute atomic E-state index is 0.101. The van der Waals surface area contributed by atoms with Gasteiger partial charge in [-0.25, -0.2) is 19.3 Å². The van der Waals surface area contributed by atoms with Gasteiger partial charge in [0.2, 0.25) is 0 Å². The number of aliphatic hydroxyl groups is 1. The van der Waals surface area contributed by atoms with E-state index in [0.717, 1.165) is 0 Å². The van der Waals surface area contributed by atoms with Gasteiger partial charge in [-0.3, -0.25) is 9.36 Å². The van der Waals surface area contributed by atoms with Crippen molar-refractivity contribution in [2.75, 3.05) is 11.9 Å². The average molecular weight is 357 g/mol. The molecule has 1 amide bonds. The standard InChI is InChI=1S/C17H16FN5O3/c18-12-6-11(7-24)26-17(12)23-9-21-13-14(19-8-20-15(13)23)22-16(25)10-4-2-1-3-5-10/h1-5,8-9,11-12,17,24H,6-7H2,(H,19,20,22,25)/t11-,12+,17-/m1/s1. The van der Waals surface area contributed by atoms with Gasteiger partial charge in [-0.15, -0.1) is 0 Å². The van der Waals surface area contributed by atoms with Gasteiger partial charge in [0.05, 0.1) is 19.0 Å². The molecule has 0 radical (unpaired) electrons. The number of alkyl halides is 1. The maximum absolute atomic E-state index is 14.3. The van der Waals surface area contributed by atoms with Crippen LogP contribution in [-0.2, 0) is 4.74 Å². The number of carbonyl (C=O) groups is 1. The lowest BCUT2D eigenvalue weighted by atomic mass is 10.2. The molecule has 1 fully saturated rings. The van der Waals surface area contributed by atoms with Crippen molar-refractivity contribution in [3.63, 3.8) is 0 Å². The third kappa shape index (κ3) is 2.91. The van der Waals surface area contributed by atoms with Gasteiger partial charge in [-0.05, 0) is 12.1 Å². The van der Waals surface area contributed by atoms with Crippen LogP contribution in [0.15, 0.2) is 43.0 Å². The summed E-state index contributed by atoms with van der Waals surface area (Å²) in [6, 6.07) is 8.70. The lowest BCUT2D eigenvalue weighted by Crippen LogP contribution is -2.17. The Morgan fingerprint density at radius 2 is 2.12 bits per heavy atom. The molecule has 0 unspecified atom stereocenters. The number of aliphatic hydroxyl groups excluding tert-OH is 1. The van der Waals surface area contributed by atoms with Gasteiger partial charge in [0.1, 0.15) is 12.5 Å². The van der Waals surface area contributed by atoms with E-state index < -0.39 is 18.5 Å². The monoisotopic (exact) mass is 357 g/mol. The Labute approximate surface area is 147 Å². The van der Waals surface area contributed by atoms with Crippen LogP contribution in [0.4, 0.5) is 10.2 Å². The van der Waals surface area contributed by atoms with Crippen LogP contribution >= 0.6 is 0 Å². The number of ether oxygens (including phenoxy) is 1. The number of rotatable bonds is 4. The zero-order chi connectivity index (χ0) is 18.1. The number of hydrogen-bond donors (Lipinski definition) is 2. The molecule has 3 aromatic rings. The first kappa shape index (κ1) is 16.6. The molecule has 2 N–H and O–H groups in total. The van der Waals surface area contributed by atoms with E-state index in [1.807, 2.05) is 6.07 Å². The fourth-order valence-electron chi connectivity index (χ4n) is 2.96. The largest absolute Gasteiger partial charge is 0.394 e. The van der Waals surface area contributed by atoms with Crippen LogP contribution in [0.5, 0.6) is 0 Å². The molecule has 1 saturated heterocycles. The van der Waals surface area contributed by atoms with Crippen LogP contribution in [-0.4, -0.2) is 49.4 Å². The van der Waals surface area contributed by atoms with Crippen LogP contribution in [0.2, 0.25) is 0 Å². The van der Waals surface area contributed by atoms with Gasteiger partial charge in [-0.2, -0.15) is 0 Å². The Kier molecular flexibility index (Phi) is 4.31. The Morgan fingerprint density at radius 3 is 2.85 bits per heavy atom. The normalized spacial score (nSPS) is 22.6. The highest BCUT2D eigenvalue weighted by Gasteiger charge is 2.37. The number of fused-ring (bicyclic) bond motifs is 1. The maximum atomic E-state index is 14.3. The zero-order valence-corrected chi connectivity index (χ0v) is 13.6. The molecule has 8 nitrogen and oxygen atoms in total. The van der Waals surface area contributed by atoms with Crippen LogP contribution in [0.3, 0.4) is 0 Å². The highest BCUT2D eigenvalue weighted by molar-refractivity contribution is 6.06. The topological polar surface area (TPSA) is 102 Å². The van der Waals surface area contributed by atoms with Crippen LogP contribution in [0, 0.1) is 0 Å². The Bertz CT molecular complexity index is 933. The summed E-state index contributed by atoms with van der Waals surface area (Å²) >= 11 is 0. The molecule has 2 aromatic heterocycles. The number of carbonyl (C=O) groups excluding carboxylic acids is 1. The molecule has 1 aliphatic heterocycles. The van der Waals surface area contributed by atoms with E-state index in [0.29, 0.717) is 16.7 Å². The first-order valence-electron chi connectivity index (χ1n) is 8.11. The molecular formula is C17H16FN5O3. The molecule has 134 valence electrons. The lowest BCUT2D eigenvalue weighted by Gasteiger charge is -2.15. The van der Waals surface area contributed by atoms with E-state index in [9.17, 15) is 14.3 Å². The molecule has 1 aliphatic rings. The quantitative estimate of drug-likeness (QED) is 0.737. The first-order chi connectivity index (χ1) is 12.7. The van der Waals surface area contributed by atoms with Crippen LogP contribution in [0.25, 0.3) is 11.2 Å². The summed E-state index contributed by atoms with van der Waals surface area (Å²) in [5.41, 5.74) is 1.15. The molecule has 0 saturated carbocycles. The molecular weight excluding hydrogens is 341 g/mol. The third-order valence-corrected chi connectivity index (χ3v) is 4.23. The zero-order valence-electron chi connectivity index (χ0n) is 13.6. The van der Waals surface area contributed by atoms with Gasteiger partial charge >= 0.3 is 0 Å². The molecule has 0 aliphatic carbocycles. The van der Waals surface area contributed by atoms with Crippen molar-refractivity contribution in [2.24, 2.45) is 0 Å². The predicted molar refractivity (Wildman–Crippen MR) is 90.2 cm³/mol. The highest BCUT2D eigenvalue weighted by atomic mass is 19.1. The van der Waals surface area contributed by atoms with Gasteiger partial charge in [-0.1, -0.05) is 18.2 Å². The Hall–Kier alpha value is -2.91. The average Bonchev–Trinajstić information content (AvgIpc) is 3.26. The molecule has 3 heterocycles. The molecule has 0 bridgehead atoms. The molecule has 4 rings (SSSR count). The third-order valence-electron chi connectivity index (χ3n) is 4.23. The summed E-state index contributed by atoms with van der Waals surface area (Å²) in [7, 11) is 0. The van der Waals surface area contributed by atoms with Gasteiger partial charge in [0.25, 0.3) is 5.91 Å². The number of imidazole rings is 1. The maximum Gasteiger partial charge on any atom is 0.256 e. The predicted octanol–water partition coefficient (Wildman–Crippen LogP) is 1.70. The van der Waals surface area contributed by atoms with Gasteiger partial charge < -0.3 is 15.2 Å². The second-order valence-corrected chi connectivity index (χ2v) is 5.95. The molecule has 0 spiro atoms. The second-order valence-electron chi connectivity index (χ2n) is 5.95. The van der Waals surface area contributed by atoms with Crippen molar-refractivity contribution >= 4 is 22.9 Å². The van der Waals surface area contributed by atoms with Crippen LogP contribution < -0.4 is 5.32 Å². The fourth-order valence-corrected chi connectivity index (χ4v) is 2.96. The molecule has 1 aromatic carbocycles. The minimum atomic E-state index is -1.29. The molecule has 3 atom stereocenters. The SMILES string of the molecule is O=C(Nc1ncnc2c1ncn2[C@@H]1O[C@@H](CO)C[C@@H]1F)c1ccccc1. The summed E-state index contributed by atoms with van der Waals surface area (Å²) in [6.45, 7) is -0.253. The van der Waals surface area contributed by atoms with Crippen molar-refractivity contribution in [3.05, 3.63) is 48.5 Å². The summed E-state index contributed by atoms with van der Waals surface area (Å²) in [5.74, 6) is -0.101. The van der Waals surface area contributed by atoms with E-state index in [4.69, 9.17) is 4.74 Å². The minimum Gasteiger partial charge on any atom is -0.394 e. The summed E-state index contributed by atoms with van der Waals surface area (Å²) in [6.07, 6.45) is -0.0108. The number of nitrogens with one attached hydrogen (secondary N) is 1. The first-order valence-corrected chi connectivity index (χ1v) is 8.11. The van der Waals surface area contributed by atoms with Gasteiger partial charge in [0.15, 0.2) is 23.2 Å². The number of benzene rings is 1. The van der Waals surface area contributed by atoms with Crippen molar-refractivity contribution in [3.8, 4) is 0 Å². The van der Waals surface area contributed by atoms with Crippen molar-refractivity contribution in [1.29, 1.82) is 0 Å². The van der Waals surface area contributed by atoms with E-state index in [1.165, 1.54) is 17.2 Å². The number of nitrogens with zero attached hydrogens (tertiary/aromatic N) is 4. The van der Waals surface area contributed by atoms with E-state index in [2.05, 4.69) is 20.3 Å². The summed E-state index contributed by atoms with van der Waals surface area (Å²) in [5, 5.41) is 11.9. The number of hydrogen-bond acceptors (Lipinski definition) is 6. The van der Waals surface area contributed by atoms with Crippen molar-refractivity contribution < 1.29 is 19.0 Å². The number of halogens is 1. The molecule has 26 heavy (non-hydrogen) atoms. The Morgan fingerprint density at radius 1 is 1.31 bits per heavy atom. The lowest BCUT2D eigenvalue weighted by molar-refractivity contribution is -0.0351. The van der Waals surface area contributed by atoms with E-state index in [-0.39, 0.29) is 24.8 Å². The van der Waals surface area contributed by atoms with Crippen molar-refractivity contribution in [1.82, 2.24) is 19.5 Å². The summed E-state index contributed by atoms with van der Waals surface area (Å²) in [4.78, 5) is 24.8. The van der Waals surface area contributed by atoms with Crippen LogP contribution in [0.1, 0.15) is 23.0 Å². The fraction of sp³-hybridized carbons (Fsp3) is 0.294. The van der Waals surface area contributed by atoms with Gasteiger partial charge in [0, 0.05) is 12.0 Å². The van der Waals surface area contributed by atoms with Crippen molar-refractivity contribution in [2.45, 2.75) is 24.9 Å². The highest BCUT2D eigenvalue weighted by Crippen LogP contribution is 2.33. The number of anilines is 1. The van der Waals surface area contributed by atoms with E-state index in [1.54, 1.807) is 24.3 Å². The van der Waals surface area contributed by atoms with E-state index >= 15 is 0 Å².